The number of halogens is 1. The van der Waals surface area contributed by atoms with E-state index in [-0.39, 0.29) is 11.8 Å². The first-order valence-electron chi connectivity index (χ1n) is 6.76. The second-order valence-corrected chi connectivity index (χ2v) is 4.50. The van der Waals surface area contributed by atoms with Crippen molar-refractivity contribution in [3.63, 3.8) is 0 Å². The van der Waals surface area contributed by atoms with Crippen LogP contribution in [-0.4, -0.2) is 6.03 Å². The third kappa shape index (κ3) is 4.45. The van der Waals surface area contributed by atoms with E-state index < -0.39 is 0 Å². The van der Waals surface area contributed by atoms with Gasteiger partial charge in [0.1, 0.15) is 5.82 Å². The number of amides is 2. The number of urea groups is 1. The second kappa shape index (κ2) is 7.24. The summed E-state index contributed by atoms with van der Waals surface area (Å²) >= 11 is 0. The lowest BCUT2D eigenvalue weighted by molar-refractivity contribution is 0.255. The lowest BCUT2D eigenvalue weighted by atomic mass is 10.1. The minimum Gasteiger partial charge on any atom is -0.314 e. The van der Waals surface area contributed by atoms with Gasteiger partial charge in [-0.05, 0) is 41.8 Å². The van der Waals surface area contributed by atoms with E-state index in [4.69, 9.17) is 0 Å². The van der Waals surface area contributed by atoms with Gasteiger partial charge in [-0.3, -0.25) is 0 Å². The SMILES string of the molecule is CCc1ccccc1NC(=O)N/C=C/c1cccc(F)c1. The van der Waals surface area contributed by atoms with Gasteiger partial charge >= 0.3 is 6.03 Å². The quantitative estimate of drug-likeness (QED) is 0.868. The number of para-hydroxylation sites is 1. The lowest BCUT2D eigenvalue weighted by Gasteiger charge is -2.08. The number of hydrogen-bond donors (Lipinski definition) is 2. The van der Waals surface area contributed by atoms with E-state index in [1.807, 2.05) is 31.2 Å². The van der Waals surface area contributed by atoms with Crippen LogP contribution in [0.2, 0.25) is 0 Å². The highest BCUT2D eigenvalue weighted by molar-refractivity contribution is 5.91. The average molecular weight is 284 g/mol. The highest BCUT2D eigenvalue weighted by Crippen LogP contribution is 2.15. The highest BCUT2D eigenvalue weighted by atomic mass is 19.1. The van der Waals surface area contributed by atoms with Crippen LogP contribution < -0.4 is 10.6 Å². The van der Waals surface area contributed by atoms with E-state index in [0.29, 0.717) is 5.56 Å². The smallest absolute Gasteiger partial charge is 0.314 e. The Morgan fingerprint density at radius 1 is 1.19 bits per heavy atom. The summed E-state index contributed by atoms with van der Waals surface area (Å²) in [6, 6.07) is 13.4. The Bertz CT molecular complexity index is 653. The molecule has 3 nitrogen and oxygen atoms in total. The molecule has 0 radical (unpaired) electrons. The van der Waals surface area contributed by atoms with E-state index in [0.717, 1.165) is 17.7 Å². The molecule has 4 heteroatoms. The molecular weight excluding hydrogens is 267 g/mol. The van der Waals surface area contributed by atoms with Gasteiger partial charge in [0.25, 0.3) is 0 Å². The molecule has 2 rings (SSSR count). The summed E-state index contributed by atoms with van der Waals surface area (Å²) < 4.78 is 13.0. The van der Waals surface area contributed by atoms with Crippen molar-refractivity contribution in [1.29, 1.82) is 0 Å². The summed E-state index contributed by atoms with van der Waals surface area (Å²) in [7, 11) is 0. The predicted molar refractivity (Wildman–Crippen MR) is 83.4 cm³/mol. The first-order valence-corrected chi connectivity index (χ1v) is 6.76. The van der Waals surface area contributed by atoms with Gasteiger partial charge in [-0.25, -0.2) is 9.18 Å². The fourth-order valence-corrected chi connectivity index (χ4v) is 1.93. The Balaban J connectivity index is 1.93. The van der Waals surface area contributed by atoms with Crippen LogP contribution in [0.3, 0.4) is 0 Å². The molecule has 0 heterocycles. The third-order valence-electron chi connectivity index (χ3n) is 2.99. The maximum atomic E-state index is 13.0. The van der Waals surface area contributed by atoms with Crippen LogP contribution in [0, 0.1) is 5.82 Å². The molecule has 0 aliphatic heterocycles. The first kappa shape index (κ1) is 14.8. The Labute approximate surface area is 123 Å². The number of carbonyl (C=O) groups is 1. The number of aryl methyl sites for hydroxylation is 1. The minimum absolute atomic E-state index is 0.307. The molecule has 0 saturated carbocycles. The van der Waals surface area contributed by atoms with Gasteiger partial charge in [-0.1, -0.05) is 37.3 Å². The highest BCUT2D eigenvalue weighted by Gasteiger charge is 2.03. The van der Waals surface area contributed by atoms with Crippen LogP contribution >= 0.6 is 0 Å². The fraction of sp³-hybridized carbons (Fsp3) is 0.118. The van der Waals surface area contributed by atoms with Crippen LogP contribution in [0.25, 0.3) is 6.08 Å². The molecule has 0 saturated heterocycles. The molecule has 2 amide bonds. The van der Waals surface area contributed by atoms with Crippen LogP contribution in [0.4, 0.5) is 14.9 Å². The molecular formula is C17H17FN2O. The molecule has 0 fully saturated rings. The van der Waals surface area contributed by atoms with Gasteiger partial charge < -0.3 is 10.6 Å². The molecule has 21 heavy (non-hydrogen) atoms. The number of anilines is 1. The monoisotopic (exact) mass is 284 g/mol. The number of carbonyl (C=O) groups excluding carboxylic acids is 1. The van der Waals surface area contributed by atoms with Gasteiger partial charge in [0.2, 0.25) is 0 Å². The maximum Gasteiger partial charge on any atom is 0.323 e. The third-order valence-corrected chi connectivity index (χ3v) is 2.99. The summed E-state index contributed by atoms with van der Waals surface area (Å²) in [6.45, 7) is 2.03. The normalized spacial score (nSPS) is 10.6. The van der Waals surface area contributed by atoms with Crippen LogP contribution in [0.1, 0.15) is 18.1 Å². The molecule has 108 valence electrons. The minimum atomic E-state index is -0.330. The van der Waals surface area contributed by atoms with Crippen LogP contribution in [-0.2, 0) is 6.42 Å². The van der Waals surface area contributed by atoms with Crippen molar-refractivity contribution in [3.05, 3.63) is 71.7 Å². The fourth-order valence-electron chi connectivity index (χ4n) is 1.93. The molecule has 0 aliphatic rings. The summed E-state index contributed by atoms with van der Waals surface area (Å²) in [6.07, 6.45) is 3.96. The second-order valence-electron chi connectivity index (χ2n) is 4.50. The van der Waals surface area contributed by atoms with Crippen LogP contribution in [0.15, 0.2) is 54.7 Å². The first-order chi connectivity index (χ1) is 10.2. The molecule has 0 spiro atoms. The average Bonchev–Trinajstić information content (AvgIpc) is 2.48. The number of benzene rings is 2. The number of hydrogen-bond acceptors (Lipinski definition) is 1. The van der Waals surface area contributed by atoms with E-state index >= 15 is 0 Å². The van der Waals surface area contributed by atoms with Crippen molar-refractivity contribution in [1.82, 2.24) is 5.32 Å². The van der Waals surface area contributed by atoms with E-state index in [1.54, 1.807) is 18.2 Å². The topological polar surface area (TPSA) is 41.1 Å². The summed E-state index contributed by atoms with van der Waals surface area (Å²) in [5.41, 5.74) is 2.54. The lowest BCUT2D eigenvalue weighted by Crippen LogP contribution is -2.24. The van der Waals surface area contributed by atoms with Crippen molar-refractivity contribution < 1.29 is 9.18 Å². The summed E-state index contributed by atoms with van der Waals surface area (Å²) in [5, 5.41) is 5.38. The van der Waals surface area contributed by atoms with E-state index in [1.165, 1.54) is 18.3 Å². The number of rotatable bonds is 4. The zero-order chi connectivity index (χ0) is 15.1. The Hall–Kier alpha value is -2.62. The molecule has 0 aromatic heterocycles. The van der Waals surface area contributed by atoms with E-state index in [2.05, 4.69) is 10.6 Å². The van der Waals surface area contributed by atoms with Gasteiger partial charge in [0.15, 0.2) is 0 Å². The Kier molecular flexibility index (Phi) is 5.10. The van der Waals surface area contributed by atoms with E-state index in [9.17, 15) is 9.18 Å². The van der Waals surface area contributed by atoms with Crippen molar-refractivity contribution in [2.24, 2.45) is 0 Å². The molecule has 0 bridgehead atoms. The van der Waals surface area contributed by atoms with Crippen molar-refractivity contribution in [2.45, 2.75) is 13.3 Å². The van der Waals surface area contributed by atoms with Crippen molar-refractivity contribution >= 4 is 17.8 Å². The van der Waals surface area contributed by atoms with Gasteiger partial charge in [-0.15, -0.1) is 0 Å². The molecule has 0 aliphatic carbocycles. The Morgan fingerprint density at radius 3 is 2.76 bits per heavy atom. The number of nitrogens with one attached hydrogen (secondary N) is 2. The summed E-state index contributed by atoms with van der Waals surface area (Å²) in [4.78, 5) is 11.8. The zero-order valence-corrected chi connectivity index (χ0v) is 11.8. The van der Waals surface area contributed by atoms with Gasteiger partial charge in [-0.2, -0.15) is 0 Å². The molecule has 0 unspecified atom stereocenters. The van der Waals surface area contributed by atoms with Crippen LogP contribution in [0.5, 0.6) is 0 Å². The standard InChI is InChI=1S/C17H17FN2O/c1-2-14-7-3-4-9-16(14)20-17(21)19-11-10-13-6-5-8-15(18)12-13/h3-12H,2H2,1H3,(H2,19,20,21)/b11-10+. The largest absolute Gasteiger partial charge is 0.323 e. The van der Waals surface area contributed by atoms with Gasteiger partial charge in [0.05, 0.1) is 0 Å². The molecule has 2 N–H and O–H groups in total. The van der Waals surface area contributed by atoms with Gasteiger partial charge in [0, 0.05) is 11.9 Å². The van der Waals surface area contributed by atoms with Crippen molar-refractivity contribution in [3.8, 4) is 0 Å². The molecule has 2 aromatic rings. The maximum absolute atomic E-state index is 13.0. The summed E-state index contributed by atoms with van der Waals surface area (Å²) in [5.74, 6) is -0.307. The predicted octanol–water partition coefficient (Wildman–Crippen LogP) is 4.18. The zero-order valence-electron chi connectivity index (χ0n) is 11.8. The molecule has 0 atom stereocenters. The van der Waals surface area contributed by atoms with Crippen molar-refractivity contribution in [2.75, 3.05) is 5.32 Å². The molecule has 2 aromatic carbocycles. The Morgan fingerprint density at radius 2 is 2.00 bits per heavy atom.